The van der Waals surface area contributed by atoms with Crippen molar-refractivity contribution in [2.24, 2.45) is 0 Å². The van der Waals surface area contributed by atoms with Gasteiger partial charge in [-0.3, -0.25) is 13.9 Å². The van der Waals surface area contributed by atoms with E-state index in [4.69, 9.17) is 4.74 Å². The molecule has 3 aromatic rings. The van der Waals surface area contributed by atoms with Crippen molar-refractivity contribution in [3.8, 4) is 5.75 Å². The molecule has 35 heavy (non-hydrogen) atoms. The number of para-hydroxylation sites is 2. The second-order valence-electron chi connectivity index (χ2n) is 7.90. The molecule has 0 spiro atoms. The molecule has 0 unspecified atom stereocenters. The number of nitrogens with zero attached hydrogens (tertiary/aromatic N) is 1. The Balaban J connectivity index is 1.88. The van der Waals surface area contributed by atoms with E-state index in [1.54, 1.807) is 66.7 Å². The highest BCUT2D eigenvalue weighted by Crippen LogP contribution is 2.25. The summed E-state index contributed by atoms with van der Waals surface area (Å²) in [5, 5.41) is 5.57. The molecule has 0 bridgehead atoms. The molecule has 0 aliphatic heterocycles. The van der Waals surface area contributed by atoms with Crippen LogP contribution in [-0.2, 0) is 14.8 Å². The normalized spacial score (nSPS) is 11.9. The third-order valence-corrected chi connectivity index (χ3v) is 7.20. The van der Waals surface area contributed by atoms with Gasteiger partial charge in [-0.1, -0.05) is 37.3 Å². The summed E-state index contributed by atoms with van der Waals surface area (Å²) in [4.78, 5) is 25.8. The zero-order valence-corrected chi connectivity index (χ0v) is 20.7. The maximum atomic E-state index is 13.5. The predicted molar refractivity (Wildman–Crippen MR) is 136 cm³/mol. The zero-order chi connectivity index (χ0) is 25.4. The van der Waals surface area contributed by atoms with E-state index < -0.39 is 22.5 Å². The summed E-state index contributed by atoms with van der Waals surface area (Å²) in [6.07, 6.45) is 0.759. The molecular formula is C26H29N3O5S. The number of methoxy groups -OCH3 is 1. The van der Waals surface area contributed by atoms with Gasteiger partial charge < -0.3 is 15.4 Å². The van der Waals surface area contributed by atoms with Crippen LogP contribution in [0, 0.1) is 0 Å². The van der Waals surface area contributed by atoms with Crippen LogP contribution in [0.1, 0.15) is 30.6 Å². The second-order valence-corrected chi connectivity index (χ2v) is 9.76. The summed E-state index contributed by atoms with van der Waals surface area (Å²) in [6, 6.07) is 20.9. The molecule has 9 heteroatoms. The minimum Gasteiger partial charge on any atom is -0.497 e. The lowest BCUT2D eigenvalue weighted by Crippen LogP contribution is -2.38. The lowest BCUT2D eigenvalue weighted by atomic mass is 10.1. The maximum Gasteiger partial charge on any atom is 0.264 e. The van der Waals surface area contributed by atoms with Crippen LogP contribution in [0.25, 0.3) is 0 Å². The van der Waals surface area contributed by atoms with E-state index in [9.17, 15) is 18.0 Å². The Morgan fingerprint density at radius 1 is 0.943 bits per heavy atom. The quantitative estimate of drug-likeness (QED) is 0.441. The van der Waals surface area contributed by atoms with Crippen molar-refractivity contribution in [1.29, 1.82) is 0 Å². The van der Waals surface area contributed by atoms with Crippen LogP contribution in [0.5, 0.6) is 5.75 Å². The minimum atomic E-state index is -4.07. The Labute approximate surface area is 206 Å². The van der Waals surface area contributed by atoms with Crippen LogP contribution < -0.4 is 19.7 Å². The molecule has 3 aromatic carbocycles. The minimum absolute atomic E-state index is 0.0169. The summed E-state index contributed by atoms with van der Waals surface area (Å²) in [7, 11) is -2.58. The van der Waals surface area contributed by atoms with Crippen molar-refractivity contribution >= 4 is 33.2 Å². The highest BCUT2D eigenvalue weighted by molar-refractivity contribution is 7.92. The molecule has 2 N–H and O–H groups in total. The predicted octanol–water partition coefficient (Wildman–Crippen LogP) is 4.06. The number of amides is 2. The summed E-state index contributed by atoms with van der Waals surface area (Å²) >= 11 is 0. The van der Waals surface area contributed by atoms with Crippen molar-refractivity contribution < 1.29 is 22.7 Å². The van der Waals surface area contributed by atoms with E-state index in [-0.39, 0.29) is 16.8 Å². The third kappa shape index (κ3) is 6.39. The van der Waals surface area contributed by atoms with Gasteiger partial charge in [-0.05, 0) is 61.9 Å². The highest BCUT2D eigenvalue weighted by Gasteiger charge is 2.27. The van der Waals surface area contributed by atoms with Crippen molar-refractivity contribution in [1.82, 2.24) is 5.32 Å². The number of hydrogen-bond donors (Lipinski definition) is 2. The zero-order valence-electron chi connectivity index (χ0n) is 19.9. The van der Waals surface area contributed by atoms with Crippen molar-refractivity contribution in [2.45, 2.75) is 31.2 Å². The molecule has 184 valence electrons. The molecule has 0 aliphatic carbocycles. The lowest BCUT2D eigenvalue weighted by Gasteiger charge is -2.24. The summed E-state index contributed by atoms with van der Waals surface area (Å²) in [6.45, 7) is 3.36. The van der Waals surface area contributed by atoms with Gasteiger partial charge in [0.1, 0.15) is 12.3 Å². The standard InChI is InChI=1S/C26H29N3O5S/c1-4-19(2)27-26(31)23-12-8-9-13-24(23)28-25(30)18-29(20-10-6-5-7-11-20)35(32,33)22-16-14-21(34-3)15-17-22/h5-17,19H,4,18H2,1-3H3,(H,27,31)(H,28,30)/t19-/m0/s1. The maximum absolute atomic E-state index is 13.5. The number of benzene rings is 3. The smallest absolute Gasteiger partial charge is 0.264 e. The van der Waals surface area contributed by atoms with Crippen LogP contribution >= 0.6 is 0 Å². The van der Waals surface area contributed by atoms with E-state index in [0.29, 0.717) is 22.7 Å². The Hall–Kier alpha value is -3.85. The Bertz CT molecular complexity index is 1260. The number of nitrogens with one attached hydrogen (secondary N) is 2. The van der Waals surface area contributed by atoms with E-state index in [1.165, 1.54) is 19.2 Å². The van der Waals surface area contributed by atoms with Gasteiger partial charge in [-0.25, -0.2) is 8.42 Å². The van der Waals surface area contributed by atoms with Crippen molar-refractivity contribution in [2.75, 3.05) is 23.3 Å². The molecule has 1 atom stereocenters. The molecule has 0 radical (unpaired) electrons. The van der Waals surface area contributed by atoms with Crippen molar-refractivity contribution in [3.05, 3.63) is 84.4 Å². The topological polar surface area (TPSA) is 105 Å². The fraction of sp³-hybridized carbons (Fsp3) is 0.231. The fourth-order valence-electron chi connectivity index (χ4n) is 3.30. The average Bonchev–Trinajstić information content (AvgIpc) is 2.87. The molecular weight excluding hydrogens is 466 g/mol. The molecule has 0 fully saturated rings. The molecule has 0 saturated heterocycles. The van der Waals surface area contributed by atoms with Crippen LogP contribution in [0.2, 0.25) is 0 Å². The average molecular weight is 496 g/mol. The first-order valence-electron chi connectivity index (χ1n) is 11.2. The number of anilines is 2. The highest BCUT2D eigenvalue weighted by atomic mass is 32.2. The molecule has 3 rings (SSSR count). The number of rotatable bonds is 10. The SMILES string of the molecule is CC[C@H](C)NC(=O)c1ccccc1NC(=O)CN(c1ccccc1)S(=O)(=O)c1ccc(OC)cc1. The molecule has 2 amide bonds. The van der Waals surface area contributed by atoms with Crippen molar-refractivity contribution in [3.63, 3.8) is 0 Å². The van der Waals surface area contributed by atoms with Gasteiger partial charge in [0.2, 0.25) is 5.91 Å². The summed E-state index contributed by atoms with van der Waals surface area (Å²) in [5.41, 5.74) is 0.930. The largest absolute Gasteiger partial charge is 0.497 e. The van der Waals surface area contributed by atoms with Gasteiger partial charge in [0.25, 0.3) is 15.9 Å². The molecule has 0 heterocycles. The molecule has 0 saturated carbocycles. The van der Waals surface area contributed by atoms with E-state index in [0.717, 1.165) is 10.7 Å². The number of carbonyl (C=O) groups excluding carboxylic acids is 2. The Morgan fingerprint density at radius 2 is 1.57 bits per heavy atom. The van der Waals surface area contributed by atoms with Crippen LogP contribution in [-0.4, -0.2) is 39.9 Å². The number of ether oxygens (including phenoxy) is 1. The van der Waals surface area contributed by atoms with Crippen LogP contribution in [0.3, 0.4) is 0 Å². The van der Waals surface area contributed by atoms with Gasteiger partial charge in [0.15, 0.2) is 0 Å². The monoisotopic (exact) mass is 495 g/mol. The number of sulfonamides is 1. The third-order valence-electron chi connectivity index (χ3n) is 5.41. The first kappa shape index (κ1) is 25.8. The van der Waals surface area contributed by atoms with Gasteiger partial charge >= 0.3 is 0 Å². The van der Waals surface area contributed by atoms with Gasteiger partial charge in [0, 0.05) is 6.04 Å². The van der Waals surface area contributed by atoms with Crippen LogP contribution in [0.4, 0.5) is 11.4 Å². The number of hydrogen-bond acceptors (Lipinski definition) is 5. The Morgan fingerprint density at radius 3 is 2.20 bits per heavy atom. The molecule has 0 aromatic heterocycles. The first-order valence-corrected chi connectivity index (χ1v) is 12.6. The van der Waals surface area contributed by atoms with E-state index in [2.05, 4.69) is 10.6 Å². The Kier molecular flexibility index (Phi) is 8.48. The first-order chi connectivity index (χ1) is 16.8. The van der Waals surface area contributed by atoms with Gasteiger partial charge in [0.05, 0.1) is 28.9 Å². The fourth-order valence-corrected chi connectivity index (χ4v) is 4.72. The molecule has 0 aliphatic rings. The second kappa shape index (κ2) is 11.5. The lowest BCUT2D eigenvalue weighted by molar-refractivity contribution is -0.114. The number of carbonyl (C=O) groups is 2. The molecule has 8 nitrogen and oxygen atoms in total. The van der Waals surface area contributed by atoms with Gasteiger partial charge in [-0.2, -0.15) is 0 Å². The van der Waals surface area contributed by atoms with Gasteiger partial charge in [-0.15, -0.1) is 0 Å². The summed E-state index contributed by atoms with van der Waals surface area (Å²) in [5.74, 6) is -0.393. The van der Waals surface area contributed by atoms with Crippen LogP contribution in [0.15, 0.2) is 83.8 Å². The van der Waals surface area contributed by atoms with E-state index >= 15 is 0 Å². The summed E-state index contributed by atoms with van der Waals surface area (Å²) < 4.78 is 33.1. The van der Waals surface area contributed by atoms with E-state index in [1.807, 2.05) is 13.8 Å².